The van der Waals surface area contributed by atoms with Gasteiger partial charge in [0.1, 0.15) is 18.6 Å². The molecule has 4 rings (SSSR count). The lowest BCUT2D eigenvalue weighted by atomic mass is 9.94. The molecule has 0 spiro atoms. The van der Waals surface area contributed by atoms with Crippen LogP contribution in [-0.4, -0.2) is 43.6 Å². The molecule has 2 aromatic rings. The monoisotopic (exact) mass is 337 g/mol. The molecule has 2 aliphatic heterocycles. The van der Waals surface area contributed by atoms with Gasteiger partial charge >= 0.3 is 0 Å². The maximum Gasteiger partial charge on any atom is 0.142 e. The van der Waals surface area contributed by atoms with E-state index < -0.39 is 0 Å². The first kappa shape index (κ1) is 16.1. The van der Waals surface area contributed by atoms with Crippen molar-refractivity contribution in [2.24, 2.45) is 0 Å². The van der Waals surface area contributed by atoms with Crippen molar-refractivity contribution in [2.75, 3.05) is 25.1 Å². The van der Waals surface area contributed by atoms with Crippen LogP contribution in [0.2, 0.25) is 0 Å². The van der Waals surface area contributed by atoms with E-state index in [1.54, 1.807) is 6.20 Å². The van der Waals surface area contributed by atoms with Crippen LogP contribution in [0.25, 0.3) is 11.1 Å². The maximum atomic E-state index is 11.2. The highest BCUT2D eigenvalue weighted by molar-refractivity contribution is 5.74. The summed E-state index contributed by atoms with van der Waals surface area (Å²) in [4.78, 5) is 17.6. The van der Waals surface area contributed by atoms with Crippen molar-refractivity contribution in [3.63, 3.8) is 0 Å². The number of ether oxygens (including phenoxy) is 1. The highest BCUT2D eigenvalue weighted by Gasteiger charge is 2.23. The fourth-order valence-electron chi connectivity index (χ4n) is 3.49. The van der Waals surface area contributed by atoms with Gasteiger partial charge in [0, 0.05) is 30.5 Å². The molecule has 1 aromatic heterocycles. The van der Waals surface area contributed by atoms with E-state index in [0.29, 0.717) is 12.6 Å². The number of hydrogen-bond acceptors (Lipinski definition) is 5. The van der Waals surface area contributed by atoms with Crippen LogP contribution in [-0.2, 0) is 11.2 Å². The number of carbonyl (C=O) groups is 1. The van der Waals surface area contributed by atoms with E-state index in [2.05, 4.69) is 33.4 Å². The van der Waals surface area contributed by atoms with Crippen LogP contribution in [0.1, 0.15) is 18.4 Å². The number of likely N-dealkylation sites (N-methyl/N-ethyl adjacent to an activating group) is 1. The third-order valence-electron chi connectivity index (χ3n) is 5.25. The molecule has 1 unspecified atom stereocenters. The standard InChI is InChI=1S/C20H23N3O2/c1-23-18(12-24)4-2-15-8-14(3-5-20(15)23)16-9-19(11-21-10-16)25-13-17-6-7-22-17/h3,5,8-12,17-18,22H,2,4,6-7,13H2,1H3/t17-,18?/m0/s1. The number of hydrogen-bond donors (Lipinski definition) is 1. The number of rotatable bonds is 5. The van der Waals surface area contributed by atoms with Gasteiger partial charge in [0.05, 0.1) is 12.2 Å². The highest BCUT2D eigenvalue weighted by Crippen LogP contribution is 2.33. The third-order valence-corrected chi connectivity index (χ3v) is 5.25. The second-order valence-corrected chi connectivity index (χ2v) is 6.86. The normalized spacial score (nSPS) is 22.0. The summed E-state index contributed by atoms with van der Waals surface area (Å²) in [6.07, 6.45) is 7.64. The van der Waals surface area contributed by atoms with Gasteiger partial charge in [0.2, 0.25) is 0 Å². The molecular formula is C20H23N3O2. The van der Waals surface area contributed by atoms with E-state index in [0.717, 1.165) is 48.2 Å². The number of benzene rings is 1. The molecule has 3 heterocycles. The van der Waals surface area contributed by atoms with Gasteiger partial charge in [-0.15, -0.1) is 0 Å². The summed E-state index contributed by atoms with van der Waals surface area (Å²) in [6.45, 7) is 1.77. The van der Waals surface area contributed by atoms with Gasteiger partial charge in [0.15, 0.2) is 0 Å². The summed E-state index contributed by atoms with van der Waals surface area (Å²) in [7, 11) is 1.99. The van der Waals surface area contributed by atoms with Crippen LogP contribution in [0.15, 0.2) is 36.7 Å². The summed E-state index contributed by atoms with van der Waals surface area (Å²) >= 11 is 0. The zero-order chi connectivity index (χ0) is 17.2. The Labute approximate surface area is 148 Å². The molecule has 0 radical (unpaired) electrons. The molecule has 1 saturated heterocycles. The Morgan fingerprint density at radius 3 is 2.92 bits per heavy atom. The molecule has 130 valence electrons. The summed E-state index contributed by atoms with van der Waals surface area (Å²) < 4.78 is 5.86. The quantitative estimate of drug-likeness (QED) is 0.850. The Hall–Kier alpha value is -2.40. The molecule has 25 heavy (non-hydrogen) atoms. The smallest absolute Gasteiger partial charge is 0.142 e. The van der Waals surface area contributed by atoms with Crippen molar-refractivity contribution in [3.8, 4) is 16.9 Å². The predicted molar refractivity (Wildman–Crippen MR) is 98.2 cm³/mol. The van der Waals surface area contributed by atoms with Gasteiger partial charge in [-0.2, -0.15) is 0 Å². The summed E-state index contributed by atoms with van der Waals surface area (Å²) in [5.41, 5.74) is 4.62. The first-order chi connectivity index (χ1) is 12.2. The van der Waals surface area contributed by atoms with E-state index in [1.165, 1.54) is 12.0 Å². The summed E-state index contributed by atoms with van der Waals surface area (Å²) in [6, 6.07) is 8.91. The lowest BCUT2D eigenvalue weighted by molar-refractivity contribution is -0.109. The zero-order valence-corrected chi connectivity index (χ0v) is 14.4. The van der Waals surface area contributed by atoms with Crippen molar-refractivity contribution in [1.82, 2.24) is 10.3 Å². The van der Waals surface area contributed by atoms with Gasteiger partial charge in [-0.3, -0.25) is 4.98 Å². The second-order valence-electron chi connectivity index (χ2n) is 6.86. The number of pyridine rings is 1. The topological polar surface area (TPSA) is 54.5 Å². The lowest BCUT2D eigenvalue weighted by Gasteiger charge is -2.33. The van der Waals surface area contributed by atoms with Gasteiger partial charge in [0.25, 0.3) is 0 Å². The fourth-order valence-corrected chi connectivity index (χ4v) is 3.49. The molecule has 2 atom stereocenters. The van der Waals surface area contributed by atoms with Crippen LogP contribution in [0, 0.1) is 0 Å². The number of aromatic nitrogens is 1. The second kappa shape index (κ2) is 6.84. The molecular weight excluding hydrogens is 314 g/mol. The molecule has 0 saturated carbocycles. The fraction of sp³-hybridized carbons (Fsp3) is 0.400. The Morgan fingerprint density at radius 2 is 2.16 bits per heavy atom. The average molecular weight is 337 g/mol. The van der Waals surface area contributed by atoms with E-state index in [1.807, 2.05) is 19.3 Å². The SMILES string of the molecule is CN1c2ccc(-c3cncc(OC[C@@H]4CCN4)c3)cc2CCC1C=O. The van der Waals surface area contributed by atoms with E-state index in [4.69, 9.17) is 4.74 Å². The Kier molecular flexibility index (Phi) is 4.40. The number of carbonyl (C=O) groups excluding carboxylic acids is 1. The minimum Gasteiger partial charge on any atom is -0.490 e. The first-order valence-corrected chi connectivity index (χ1v) is 8.87. The lowest BCUT2D eigenvalue weighted by Crippen LogP contribution is -2.46. The van der Waals surface area contributed by atoms with Crippen molar-refractivity contribution in [3.05, 3.63) is 42.2 Å². The predicted octanol–water partition coefficient (Wildman–Crippen LogP) is 2.44. The van der Waals surface area contributed by atoms with Crippen LogP contribution >= 0.6 is 0 Å². The van der Waals surface area contributed by atoms with Crippen molar-refractivity contribution in [2.45, 2.75) is 31.3 Å². The molecule has 2 aliphatic rings. The molecule has 0 aliphatic carbocycles. The minimum absolute atomic E-state index is 0.0168. The van der Waals surface area contributed by atoms with Crippen molar-refractivity contribution < 1.29 is 9.53 Å². The molecule has 1 fully saturated rings. The van der Waals surface area contributed by atoms with Crippen LogP contribution in [0.4, 0.5) is 5.69 Å². The number of fused-ring (bicyclic) bond motifs is 1. The van der Waals surface area contributed by atoms with E-state index >= 15 is 0 Å². The molecule has 5 nitrogen and oxygen atoms in total. The molecule has 0 amide bonds. The van der Waals surface area contributed by atoms with E-state index in [9.17, 15) is 4.79 Å². The Bertz CT molecular complexity index is 773. The van der Waals surface area contributed by atoms with Crippen LogP contribution in [0.5, 0.6) is 5.75 Å². The largest absolute Gasteiger partial charge is 0.490 e. The maximum absolute atomic E-state index is 11.2. The molecule has 5 heteroatoms. The Morgan fingerprint density at radius 1 is 1.28 bits per heavy atom. The van der Waals surface area contributed by atoms with Gasteiger partial charge in [-0.05, 0) is 55.1 Å². The number of nitrogens with one attached hydrogen (secondary N) is 1. The molecule has 0 bridgehead atoms. The summed E-state index contributed by atoms with van der Waals surface area (Å²) in [5, 5.41) is 3.33. The van der Waals surface area contributed by atoms with Gasteiger partial charge < -0.3 is 19.7 Å². The summed E-state index contributed by atoms with van der Waals surface area (Å²) in [5.74, 6) is 0.807. The number of nitrogens with zero attached hydrogens (tertiary/aromatic N) is 2. The average Bonchev–Trinajstić information content (AvgIpc) is 2.61. The number of aldehydes is 1. The van der Waals surface area contributed by atoms with E-state index in [-0.39, 0.29) is 6.04 Å². The molecule has 1 N–H and O–H groups in total. The Balaban J connectivity index is 1.54. The van der Waals surface area contributed by atoms with Crippen LogP contribution in [0.3, 0.4) is 0 Å². The number of anilines is 1. The van der Waals surface area contributed by atoms with Gasteiger partial charge in [-0.25, -0.2) is 0 Å². The number of aryl methyl sites for hydroxylation is 1. The molecule has 1 aromatic carbocycles. The first-order valence-electron chi connectivity index (χ1n) is 8.87. The van der Waals surface area contributed by atoms with Gasteiger partial charge in [-0.1, -0.05) is 6.07 Å². The van der Waals surface area contributed by atoms with Crippen molar-refractivity contribution >= 4 is 12.0 Å². The van der Waals surface area contributed by atoms with Crippen molar-refractivity contribution in [1.29, 1.82) is 0 Å². The highest BCUT2D eigenvalue weighted by atomic mass is 16.5. The van der Waals surface area contributed by atoms with Crippen LogP contribution < -0.4 is 15.0 Å². The zero-order valence-electron chi connectivity index (χ0n) is 14.4. The minimum atomic E-state index is -0.0168. The third kappa shape index (κ3) is 3.24.